The highest BCUT2D eigenvalue weighted by Crippen LogP contribution is 2.41. The fraction of sp³-hybridized carbons (Fsp3) is 0.387. The van der Waals surface area contributed by atoms with Gasteiger partial charge in [-0.2, -0.15) is 8.78 Å². The molecule has 0 amide bonds. The van der Waals surface area contributed by atoms with Crippen molar-refractivity contribution < 1.29 is 27.4 Å². The number of esters is 1. The van der Waals surface area contributed by atoms with E-state index in [2.05, 4.69) is 19.9 Å². The van der Waals surface area contributed by atoms with Crippen LogP contribution in [0.3, 0.4) is 0 Å². The lowest BCUT2D eigenvalue weighted by Gasteiger charge is -2.38. The average Bonchev–Trinajstić information content (AvgIpc) is 3.76. The standard InChI is InChI=1S/C31H33ClF3N7O3/c1-38-26-6-4-20(30(43)44-2)13-27(26)40(16-24-15-36-19-41(24)31(34)35)29(38)17-39-10-7-23(8-11-39)42-12-9-28(37-42)45-18-21-3-5-22(32)14-25(21)33/h3-6,9,12-15,19,23,29,31H,7-8,10-11,16-18H2,1-2H3. The highest BCUT2D eigenvalue weighted by Gasteiger charge is 2.37. The zero-order chi connectivity index (χ0) is 31.7. The van der Waals surface area contributed by atoms with Crippen molar-refractivity contribution in [2.75, 3.05) is 43.6 Å². The highest BCUT2D eigenvalue weighted by atomic mass is 35.5. The Morgan fingerprint density at radius 3 is 2.64 bits per heavy atom. The van der Waals surface area contributed by atoms with Crippen molar-refractivity contribution in [3.05, 3.63) is 88.8 Å². The fourth-order valence-corrected chi connectivity index (χ4v) is 6.19. The molecule has 14 heteroatoms. The third-order valence-corrected chi connectivity index (χ3v) is 8.74. The van der Waals surface area contributed by atoms with Crippen LogP contribution in [0, 0.1) is 5.82 Å². The van der Waals surface area contributed by atoms with Crippen molar-refractivity contribution >= 4 is 28.9 Å². The van der Waals surface area contributed by atoms with E-state index in [9.17, 15) is 18.0 Å². The third kappa shape index (κ3) is 6.45. The molecule has 2 aromatic carbocycles. The number of imidazole rings is 1. The summed E-state index contributed by atoms with van der Waals surface area (Å²) in [4.78, 5) is 22.8. The van der Waals surface area contributed by atoms with Crippen LogP contribution >= 0.6 is 11.6 Å². The molecule has 4 aromatic rings. The van der Waals surface area contributed by atoms with Gasteiger partial charge in [-0.25, -0.2) is 14.2 Å². The quantitative estimate of drug-likeness (QED) is 0.202. The number of nitrogens with zero attached hydrogens (tertiary/aromatic N) is 7. The van der Waals surface area contributed by atoms with Crippen LogP contribution in [0.5, 0.6) is 5.88 Å². The van der Waals surface area contributed by atoms with Gasteiger partial charge in [-0.05, 0) is 43.2 Å². The SMILES string of the molecule is COC(=O)c1ccc2c(c1)N(Cc1cncn1C(F)F)C(CN1CCC(n3ccc(OCc4ccc(Cl)cc4F)n3)CC1)N2C. The van der Waals surface area contributed by atoms with Gasteiger partial charge in [0.25, 0.3) is 0 Å². The van der Waals surface area contributed by atoms with Crippen LogP contribution in [0.25, 0.3) is 0 Å². The van der Waals surface area contributed by atoms with Crippen LogP contribution in [0.4, 0.5) is 24.5 Å². The van der Waals surface area contributed by atoms with E-state index in [0.717, 1.165) is 48.2 Å². The molecule has 0 saturated carbocycles. The lowest BCUT2D eigenvalue weighted by atomic mass is 10.1. The Bertz CT molecular complexity index is 1660. The molecule has 1 saturated heterocycles. The first-order valence-electron chi connectivity index (χ1n) is 14.6. The second-order valence-corrected chi connectivity index (χ2v) is 11.6. The number of carbonyl (C=O) groups excluding carboxylic acids is 1. The Balaban J connectivity index is 1.12. The number of likely N-dealkylation sites (tertiary alicyclic amines) is 1. The molecule has 6 rings (SSSR count). The number of likely N-dealkylation sites (N-methyl/N-ethyl adjacent to an activating group) is 1. The Kier molecular flexibility index (Phi) is 8.90. The Morgan fingerprint density at radius 1 is 1.11 bits per heavy atom. The van der Waals surface area contributed by atoms with Crippen molar-refractivity contribution in [2.24, 2.45) is 0 Å². The van der Waals surface area contributed by atoms with E-state index >= 15 is 0 Å². The summed E-state index contributed by atoms with van der Waals surface area (Å²) in [6.45, 7) is -0.238. The van der Waals surface area contributed by atoms with Gasteiger partial charge in [0, 0.05) is 49.5 Å². The molecule has 2 aliphatic heterocycles. The second kappa shape index (κ2) is 13.0. The minimum Gasteiger partial charge on any atom is -0.472 e. The van der Waals surface area contributed by atoms with Crippen LogP contribution in [0.15, 0.2) is 61.2 Å². The molecular formula is C31H33ClF3N7O3. The maximum Gasteiger partial charge on any atom is 0.337 e. The molecule has 0 spiro atoms. The largest absolute Gasteiger partial charge is 0.472 e. The number of methoxy groups -OCH3 is 1. The zero-order valence-electron chi connectivity index (χ0n) is 24.8. The van der Waals surface area contributed by atoms with Crippen LogP contribution in [0.1, 0.15) is 47.0 Å². The van der Waals surface area contributed by atoms with Crippen molar-refractivity contribution in [3.63, 3.8) is 0 Å². The first-order chi connectivity index (χ1) is 21.7. The number of ether oxygens (including phenoxy) is 2. The number of piperidine rings is 1. The van der Waals surface area contributed by atoms with Crippen LogP contribution in [-0.4, -0.2) is 70.2 Å². The molecule has 10 nitrogen and oxygen atoms in total. The molecule has 0 N–H and O–H groups in total. The van der Waals surface area contributed by atoms with Gasteiger partial charge >= 0.3 is 12.5 Å². The lowest BCUT2D eigenvalue weighted by molar-refractivity contribution is 0.0600. The van der Waals surface area contributed by atoms with Crippen molar-refractivity contribution in [1.29, 1.82) is 0 Å². The van der Waals surface area contributed by atoms with Crippen LogP contribution in [-0.2, 0) is 17.9 Å². The second-order valence-electron chi connectivity index (χ2n) is 11.2. The van der Waals surface area contributed by atoms with E-state index in [0.29, 0.717) is 34.3 Å². The normalized spacial score (nSPS) is 17.3. The van der Waals surface area contributed by atoms with Gasteiger partial charge in [-0.1, -0.05) is 17.7 Å². The first-order valence-corrected chi connectivity index (χ1v) is 14.9. The summed E-state index contributed by atoms with van der Waals surface area (Å²) in [5.41, 5.74) is 2.82. The summed E-state index contributed by atoms with van der Waals surface area (Å²) in [7, 11) is 3.30. The van der Waals surface area contributed by atoms with E-state index in [1.165, 1.54) is 19.4 Å². The number of aromatic nitrogens is 4. The molecule has 45 heavy (non-hydrogen) atoms. The Labute approximate surface area is 263 Å². The summed E-state index contributed by atoms with van der Waals surface area (Å²) in [5.74, 6) is -0.470. The van der Waals surface area contributed by atoms with Gasteiger partial charge in [0.1, 0.15) is 18.6 Å². The van der Waals surface area contributed by atoms with E-state index in [1.54, 1.807) is 30.3 Å². The molecule has 0 radical (unpaired) electrons. The number of hydrogen-bond donors (Lipinski definition) is 0. The van der Waals surface area contributed by atoms with Gasteiger partial charge in [0.2, 0.25) is 5.88 Å². The number of hydrogen-bond acceptors (Lipinski definition) is 8. The lowest BCUT2D eigenvalue weighted by Crippen LogP contribution is -2.51. The highest BCUT2D eigenvalue weighted by molar-refractivity contribution is 6.30. The van der Waals surface area contributed by atoms with Gasteiger partial charge in [0.15, 0.2) is 0 Å². The summed E-state index contributed by atoms with van der Waals surface area (Å²) in [6.07, 6.45) is 5.98. The molecular weight excluding hydrogens is 611 g/mol. The maximum atomic E-state index is 14.1. The number of alkyl halides is 2. The summed E-state index contributed by atoms with van der Waals surface area (Å²) in [6, 6.07) is 11.7. The molecule has 1 fully saturated rings. The topological polar surface area (TPSA) is 80.9 Å². The van der Waals surface area contributed by atoms with Crippen LogP contribution < -0.4 is 14.5 Å². The minimum atomic E-state index is -2.71. The third-order valence-electron chi connectivity index (χ3n) is 8.51. The van der Waals surface area contributed by atoms with Gasteiger partial charge in [-0.15, -0.1) is 5.10 Å². The molecule has 1 unspecified atom stereocenters. The van der Waals surface area contributed by atoms with Gasteiger partial charge in [-0.3, -0.25) is 14.1 Å². The van der Waals surface area contributed by atoms with E-state index < -0.39 is 18.3 Å². The van der Waals surface area contributed by atoms with Gasteiger partial charge < -0.3 is 19.3 Å². The van der Waals surface area contributed by atoms with E-state index in [1.807, 2.05) is 28.9 Å². The maximum absolute atomic E-state index is 14.1. The number of benzene rings is 2. The van der Waals surface area contributed by atoms with Crippen LogP contribution in [0.2, 0.25) is 5.02 Å². The number of fused-ring (bicyclic) bond motifs is 1. The number of anilines is 2. The average molecular weight is 644 g/mol. The number of rotatable bonds is 10. The minimum absolute atomic E-state index is 0.0471. The zero-order valence-corrected chi connectivity index (χ0v) is 25.6. The molecule has 2 aliphatic rings. The van der Waals surface area contributed by atoms with Crippen molar-refractivity contribution in [2.45, 2.75) is 44.8 Å². The van der Waals surface area contributed by atoms with Gasteiger partial charge in [0.05, 0.1) is 54.9 Å². The predicted molar refractivity (Wildman–Crippen MR) is 162 cm³/mol. The Morgan fingerprint density at radius 2 is 1.91 bits per heavy atom. The molecule has 1 atom stereocenters. The molecule has 238 valence electrons. The smallest absolute Gasteiger partial charge is 0.337 e. The molecule has 0 aliphatic carbocycles. The number of carbonyl (C=O) groups is 1. The predicted octanol–water partition coefficient (Wildman–Crippen LogP) is 5.75. The van der Waals surface area contributed by atoms with E-state index in [-0.39, 0.29) is 25.4 Å². The van der Waals surface area contributed by atoms with Crippen molar-refractivity contribution in [3.8, 4) is 5.88 Å². The summed E-state index contributed by atoms with van der Waals surface area (Å²) < 4.78 is 54.9. The number of halogens is 4. The molecule has 2 aromatic heterocycles. The monoisotopic (exact) mass is 643 g/mol. The fourth-order valence-electron chi connectivity index (χ4n) is 6.03. The Hall–Kier alpha value is -4.23. The molecule has 4 heterocycles. The summed E-state index contributed by atoms with van der Waals surface area (Å²) in [5, 5.41) is 4.90. The van der Waals surface area contributed by atoms with E-state index in [4.69, 9.17) is 21.1 Å². The van der Waals surface area contributed by atoms with Crippen molar-refractivity contribution in [1.82, 2.24) is 24.2 Å². The summed E-state index contributed by atoms with van der Waals surface area (Å²) >= 11 is 5.83. The first kappa shape index (κ1) is 30.8. The molecule has 0 bridgehead atoms.